The number of hydrogen-bond donors (Lipinski definition) is 1. The third-order valence-corrected chi connectivity index (χ3v) is 6.46. The average Bonchev–Trinajstić information content (AvgIpc) is 2.79. The molecule has 4 rings (SSSR count). The number of aryl methyl sites for hydroxylation is 1. The number of thioether (sulfide) groups is 1. The van der Waals surface area contributed by atoms with E-state index in [1.165, 1.54) is 17.3 Å². The monoisotopic (exact) mass is 445 g/mol. The van der Waals surface area contributed by atoms with Crippen LogP contribution < -0.4 is 15.6 Å². The summed E-state index contributed by atoms with van der Waals surface area (Å²) < 4.78 is 7.22. The maximum Gasteiger partial charge on any atom is 0.279 e. The first kappa shape index (κ1) is 21.7. The molecule has 6 nitrogen and oxygen atoms in total. The highest BCUT2D eigenvalue weighted by Crippen LogP contribution is 2.36. The Morgan fingerprint density at radius 2 is 2.03 bits per heavy atom. The van der Waals surface area contributed by atoms with Gasteiger partial charge in [0, 0.05) is 25.1 Å². The van der Waals surface area contributed by atoms with Crippen LogP contribution in [0.15, 0.2) is 58.5 Å². The van der Waals surface area contributed by atoms with E-state index in [0.29, 0.717) is 28.0 Å². The molecule has 2 heterocycles. The van der Waals surface area contributed by atoms with Crippen LogP contribution in [-0.2, 0) is 17.6 Å². The van der Waals surface area contributed by atoms with Crippen molar-refractivity contribution >= 4 is 23.5 Å². The van der Waals surface area contributed by atoms with Crippen molar-refractivity contribution in [1.82, 2.24) is 9.55 Å². The fourth-order valence-corrected chi connectivity index (χ4v) is 4.73. The van der Waals surface area contributed by atoms with Gasteiger partial charge in [0.1, 0.15) is 18.2 Å². The topological polar surface area (TPSA) is 73.2 Å². The van der Waals surface area contributed by atoms with E-state index >= 15 is 0 Å². The van der Waals surface area contributed by atoms with E-state index in [1.54, 1.807) is 16.7 Å². The van der Waals surface area contributed by atoms with E-state index in [4.69, 9.17) is 11.2 Å². The summed E-state index contributed by atoms with van der Waals surface area (Å²) in [6.45, 7) is 2.23. The molecule has 0 saturated heterocycles. The number of terminal acetylenes is 1. The molecule has 0 saturated carbocycles. The van der Waals surface area contributed by atoms with Crippen molar-refractivity contribution in [3.63, 3.8) is 0 Å². The number of aromatic nitrogens is 2. The van der Waals surface area contributed by atoms with E-state index in [-0.39, 0.29) is 30.4 Å². The lowest BCUT2D eigenvalue weighted by molar-refractivity contribution is -0.116. The highest BCUT2D eigenvalue weighted by Gasteiger charge is 2.32. The molecule has 1 aliphatic rings. The predicted octanol–water partition coefficient (Wildman–Crippen LogP) is 3.87. The molecule has 1 amide bonds. The van der Waals surface area contributed by atoms with Crippen LogP contribution >= 0.6 is 11.8 Å². The molecule has 1 aliphatic heterocycles. The van der Waals surface area contributed by atoms with E-state index in [0.717, 1.165) is 11.1 Å². The second-order valence-corrected chi connectivity index (χ2v) is 8.61. The van der Waals surface area contributed by atoms with Crippen LogP contribution in [0.1, 0.15) is 34.6 Å². The number of fused-ring (bicyclic) bond motifs is 1. The first-order valence-electron chi connectivity index (χ1n) is 10.2. The molecular weight excluding hydrogens is 422 g/mol. The summed E-state index contributed by atoms with van der Waals surface area (Å²) in [5.74, 6) is 3.74. The number of nitrogens with zero attached hydrogens (tertiary/aromatic N) is 2. The van der Waals surface area contributed by atoms with Crippen LogP contribution in [0, 0.1) is 19.3 Å². The summed E-state index contributed by atoms with van der Waals surface area (Å²) in [4.78, 5) is 29.9. The molecule has 0 radical (unpaired) electrons. The number of ether oxygens (including phenoxy) is 1. The number of carbonyl (C=O) groups excluding carboxylic acids is 1. The standard InChI is InChI=1S/C25H23N3O3S/c1-4-12-31-19-10-8-18(9-11-19)20-14-21(29)26-23-22(20)24(30)27-25(28(23)3)32-15-17-7-5-6-16(2)13-17/h1,5-11,13,20H,12,14-15H2,2-3H3,(H,26,29)/t20-/m1/s1. The minimum atomic E-state index is -0.373. The van der Waals surface area contributed by atoms with Gasteiger partial charge in [-0.05, 0) is 30.2 Å². The number of rotatable bonds is 6. The minimum absolute atomic E-state index is 0.133. The molecule has 2 aromatic carbocycles. The van der Waals surface area contributed by atoms with Gasteiger partial charge in [-0.25, -0.2) is 0 Å². The Kier molecular flexibility index (Phi) is 6.33. The van der Waals surface area contributed by atoms with Crippen molar-refractivity contribution < 1.29 is 9.53 Å². The van der Waals surface area contributed by atoms with Crippen molar-refractivity contribution in [3.8, 4) is 18.1 Å². The molecule has 1 N–H and O–H groups in total. The molecule has 1 atom stereocenters. The number of amides is 1. The van der Waals surface area contributed by atoms with Gasteiger partial charge in [0.2, 0.25) is 5.91 Å². The quantitative estimate of drug-likeness (QED) is 0.354. The lowest BCUT2D eigenvalue weighted by Crippen LogP contribution is -2.33. The SMILES string of the molecule is C#CCOc1ccc([C@H]2CC(=O)Nc3c2c(=O)nc(SCc2cccc(C)c2)n3C)cc1. The Morgan fingerprint density at radius 3 is 2.75 bits per heavy atom. The summed E-state index contributed by atoms with van der Waals surface area (Å²) in [6.07, 6.45) is 5.42. The molecule has 0 fully saturated rings. The average molecular weight is 446 g/mol. The maximum absolute atomic E-state index is 13.1. The van der Waals surface area contributed by atoms with Crippen molar-refractivity contribution in [3.05, 3.63) is 81.1 Å². The van der Waals surface area contributed by atoms with E-state index in [1.807, 2.05) is 44.3 Å². The van der Waals surface area contributed by atoms with Gasteiger partial charge in [0.25, 0.3) is 5.56 Å². The summed E-state index contributed by atoms with van der Waals surface area (Å²) in [5.41, 5.74) is 3.37. The summed E-state index contributed by atoms with van der Waals surface area (Å²) >= 11 is 1.47. The molecule has 162 valence electrons. The molecule has 0 bridgehead atoms. The molecule has 0 unspecified atom stereocenters. The highest BCUT2D eigenvalue weighted by atomic mass is 32.2. The number of nitrogens with one attached hydrogen (secondary N) is 1. The zero-order valence-electron chi connectivity index (χ0n) is 17.9. The van der Waals surface area contributed by atoms with Gasteiger partial charge in [-0.15, -0.1) is 6.42 Å². The molecule has 7 heteroatoms. The van der Waals surface area contributed by atoms with Crippen LogP contribution in [0.5, 0.6) is 5.75 Å². The van der Waals surface area contributed by atoms with Crippen LogP contribution in [-0.4, -0.2) is 22.1 Å². The molecule has 0 spiro atoms. The Morgan fingerprint density at radius 1 is 1.25 bits per heavy atom. The number of anilines is 1. The Hall–Kier alpha value is -3.50. The largest absolute Gasteiger partial charge is 0.481 e. The van der Waals surface area contributed by atoms with Gasteiger partial charge >= 0.3 is 0 Å². The number of benzene rings is 2. The number of hydrogen-bond acceptors (Lipinski definition) is 5. The van der Waals surface area contributed by atoms with Crippen LogP contribution in [0.25, 0.3) is 0 Å². The normalized spacial score (nSPS) is 14.9. The Balaban J connectivity index is 1.65. The van der Waals surface area contributed by atoms with Crippen LogP contribution in [0.4, 0.5) is 5.82 Å². The molecule has 0 aliphatic carbocycles. The number of carbonyl (C=O) groups is 1. The predicted molar refractivity (Wildman–Crippen MR) is 126 cm³/mol. The zero-order chi connectivity index (χ0) is 22.7. The first-order valence-corrected chi connectivity index (χ1v) is 11.2. The molecule has 32 heavy (non-hydrogen) atoms. The highest BCUT2D eigenvalue weighted by molar-refractivity contribution is 7.98. The second-order valence-electron chi connectivity index (χ2n) is 7.67. The van der Waals surface area contributed by atoms with Gasteiger partial charge in [-0.2, -0.15) is 4.98 Å². The second kappa shape index (κ2) is 9.33. The fraction of sp³-hybridized carbons (Fsp3) is 0.240. The van der Waals surface area contributed by atoms with Gasteiger partial charge in [0.15, 0.2) is 5.16 Å². The van der Waals surface area contributed by atoms with Crippen molar-refractivity contribution in [2.45, 2.75) is 30.2 Å². The van der Waals surface area contributed by atoms with Gasteiger partial charge in [0.05, 0.1) is 5.56 Å². The van der Waals surface area contributed by atoms with Gasteiger partial charge in [-0.1, -0.05) is 59.6 Å². The van der Waals surface area contributed by atoms with Crippen molar-refractivity contribution in [2.24, 2.45) is 7.05 Å². The Bertz CT molecular complexity index is 1260. The van der Waals surface area contributed by atoms with Gasteiger partial charge < -0.3 is 14.6 Å². The van der Waals surface area contributed by atoms with E-state index < -0.39 is 0 Å². The molecule has 3 aromatic rings. The summed E-state index contributed by atoms with van der Waals surface area (Å²) in [5, 5.41) is 3.44. The summed E-state index contributed by atoms with van der Waals surface area (Å²) in [7, 11) is 1.82. The lowest BCUT2D eigenvalue weighted by Gasteiger charge is -2.27. The zero-order valence-corrected chi connectivity index (χ0v) is 18.7. The lowest BCUT2D eigenvalue weighted by atomic mass is 9.87. The van der Waals surface area contributed by atoms with E-state index in [2.05, 4.69) is 22.3 Å². The minimum Gasteiger partial charge on any atom is -0.481 e. The Labute approximate surface area is 191 Å². The smallest absolute Gasteiger partial charge is 0.279 e. The van der Waals surface area contributed by atoms with Gasteiger partial charge in [-0.3, -0.25) is 9.59 Å². The third kappa shape index (κ3) is 4.56. The van der Waals surface area contributed by atoms with E-state index in [9.17, 15) is 9.59 Å². The van der Waals surface area contributed by atoms with Crippen LogP contribution in [0.3, 0.4) is 0 Å². The third-order valence-electron chi connectivity index (χ3n) is 5.36. The van der Waals surface area contributed by atoms with Crippen molar-refractivity contribution in [1.29, 1.82) is 0 Å². The molecule has 1 aromatic heterocycles. The maximum atomic E-state index is 13.1. The van der Waals surface area contributed by atoms with Crippen molar-refractivity contribution in [2.75, 3.05) is 11.9 Å². The fourth-order valence-electron chi connectivity index (χ4n) is 3.82. The molecular formula is C25H23N3O3S. The summed E-state index contributed by atoms with van der Waals surface area (Å²) in [6, 6.07) is 15.5. The van der Waals surface area contributed by atoms with Crippen LogP contribution in [0.2, 0.25) is 0 Å². The first-order chi connectivity index (χ1) is 15.5.